The predicted molar refractivity (Wildman–Crippen MR) is 103 cm³/mol. The summed E-state index contributed by atoms with van der Waals surface area (Å²) in [6, 6.07) is 8.42. The summed E-state index contributed by atoms with van der Waals surface area (Å²) >= 11 is 2.01. The quantitative estimate of drug-likeness (QED) is 0.780. The fourth-order valence-corrected chi connectivity index (χ4v) is 3.96. The molecule has 0 bridgehead atoms. The average molecular weight is 362 g/mol. The van der Waals surface area contributed by atoms with Crippen molar-refractivity contribution in [2.75, 3.05) is 36.0 Å². The lowest BCUT2D eigenvalue weighted by molar-refractivity contribution is -0.123. The van der Waals surface area contributed by atoms with E-state index in [0.29, 0.717) is 25.4 Å². The Bertz CT molecular complexity index is 599. The second kappa shape index (κ2) is 8.61. The molecular formula is C19H27N3O2S. The van der Waals surface area contributed by atoms with E-state index in [-0.39, 0.29) is 17.7 Å². The number of anilines is 1. The molecule has 2 N–H and O–H groups in total. The molecule has 3 rings (SSSR count). The zero-order valence-corrected chi connectivity index (χ0v) is 15.6. The number of rotatable bonds is 7. The lowest BCUT2D eigenvalue weighted by atomic mass is 10.2. The van der Waals surface area contributed by atoms with Crippen LogP contribution in [-0.2, 0) is 16.1 Å². The van der Waals surface area contributed by atoms with Crippen LogP contribution in [0.1, 0.15) is 25.3 Å². The van der Waals surface area contributed by atoms with Crippen LogP contribution < -0.4 is 15.5 Å². The van der Waals surface area contributed by atoms with Crippen LogP contribution in [0.15, 0.2) is 24.3 Å². The van der Waals surface area contributed by atoms with Crippen molar-refractivity contribution in [1.82, 2.24) is 10.6 Å². The fourth-order valence-electron chi connectivity index (χ4n) is 3.05. The summed E-state index contributed by atoms with van der Waals surface area (Å²) in [6.07, 6.45) is 1.31. The molecule has 2 atom stereocenters. The van der Waals surface area contributed by atoms with Crippen molar-refractivity contribution in [1.29, 1.82) is 0 Å². The number of carbonyl (C=O) groups is 2. The molecule has 2 amide bonds. The molecule has 1 aromatic carbocycles. The lowest BCUT2D eigenvalue weighted by Crippen LogP contribution is -2.32. The molecule has 2 fully saturated rings. The van der Waals surface area contributed by atoms with Crippen LogP contribution in [0.25, 0.3) is 0 Å². The molecule has 1 aliphatic heterocycles. The highest BCUT2D eigenvalue weighted by atomic mass is 32.2. The lowest BCUT2D eigenvalue weighted by Gasteiger charge is -2.28. The summed E-state index contributed by atoms with van der Waals surface area (Å²) in [7, 11) is 0. The predicted octanol–water partition coefficient (Wildman–Crippen LogP) is 2.02. The maximum atomic E-state index is 11.9. The standard InChI is InChI=1S/C19H27N3O2S/c1-14-12-17(14)19(24)20-7-6-18(23)21-13-15-2-4-16(5-3-15)22-8-10-25-11-9-22/h2-5,14,17H,6-13H2,1H3,(H,20,24)(H,21,23)/t14-,17-/m1/s1. The van der Waals surface area contributed by atoms with E-state index >= 15 is 0 Å². The molecule has 1 aromatic rings. The first kappa shape index (κ1) is 18.1. The molecule has 1 aliphatic carbocycles. The van der Waals surface area contributed by atoms with E-state index in [2.05, 4.69) is 46.7 Å². The van der Waals surface area contributed by atoms with Gasteiger partial charge < -0.3 is 15.5 Å². The van der Waals surface area contributed by atoms with Gasteiger partial charge in [-0.3, -0.25) is 9.59 Å². The monoisotopic (exact) mass is 361 g/mol. The Morgan fingerprint density at radius 1 is 1.16 bits per heavy atom. The molecule has 0 aromatic heterocycles. The first-order valence-corrected chi connectivity index (χ1v) is 10.2. The number of hydrogen-bond acceptors (Lipinski definition) is 4. The van der Waals surface area contributed by atoms with Crippen LogP contribution in [0, 0.1) is 11.8 Å². The Morgan fingerprint density at radius 2 is 1.84 bits per heavy atom. The van der Waals surface area contributed by atoms with Gasteiger partial charge >= 0.3 is 0 Å². The third-order valence-electron chi connectivity index (χ3n) is 4.90. The van der Waals surface area contributed by atoms with Crippen LogP contribution >= 0.6 is 11.8 Å². The average Bonchev–Trinajstić information content (AvgIpc) is 3.38. The molecule has 0 spiro atoms. The number of benzene rings is 1. The second-order valence-corrected chi connectivity index (χ2v) is 8.13. The number of nitrogens with zero attached hydrogens (tertiary/aromatic N) is 1. The summed E-state index contributed by atoms with van der Waals surface area (Å²) in [5.74, 6) is 3.11. The SMILES string of the molecule is C[C@@H]1C[C@H]1C(=O)NCCC(=O)NCc1ccc(N2CCSCC2)cc1. The zero-order chi connectivity index (χ0) is 17.6. The van der Waals surface area contributed by atoms with Crippen LogP contribution in [0.2, 0.25) is 0 Å². The number of carbonyl (C=O) groups excluding carboxylic acids is 2. The normalized spacial score (nSPS) is 22.4. The van der Waals surface area contributed by atoms with Crippen molar-refractivity contribution < 1.29 is 9.59 Å². The fraction of sp³-hybridized carbons (Fsp3) is 0.579. The molecular weight excluding hydrogens is 334 g/mol. The van der Waals surface area contributed by atoms with Gasteiger partial charge in [-0.1, -0.05) is 19.1 Å². The largest absolute Gasteiger partial charge is 0.370 e. The van der Waals surface area contributed by atoms with Gasteiger partial charge in [0.15, 0.2) is 0 Å². The van der Waals surface area contributed by atoms with Gasteiger partial charge in [0.2, 0.25) is 11.8 Å². The topological polar surface area (TPSA) is 61.4 Å². The van der Waals surface area contributed by atoms with Crippen molar-refractivity contribution in [2.45, 2.75) is 26.3 Å². The van der Waals surface area contributed by atoms with Gasteiger partial charge in [0, 0.05) is 55.7 Å². The van der Waals surface area contributed by atoms with Crippen LogP contribution in [0.5, 0.6) is 0 Å². The van der Waals surface area contributed by atoms with E-state index in [1.807, 2.05) is 11.8 Å². The molecule has 1 saturated heterocycles. The molecule has 1 saturated carbocycles. The van der Waals surface area contributed by atoms with Crippen molar-refractivity contribution in [2.24, 2.45) is 11.8 Å². The van der Waals surface area contributed by atoms with E-state index in [0.717, 1.165) is 25.1 Å². The van der Waals surface area contributed by atoms with E-state index in [1.54, 1.807) is 0 Å². The van der Waals surface area contributed by atoms with Crippen molar-refractivity contribution in [3.05, 3.63) is 29.8 Å². The zero-order valence-electron chi connectivity index (χ0n) is 14.8. The third kappa shape index (κ3) is 5.39. The Hall–Kier alpha value is -1.69. The van der Waals surface area contributed by atoms with Crippen LogP contribution in [0.3, 0.4) is 0 Å². The van der Waals surface area contributed by atoms with E-state index in [1.165, 1.54) is 17.2 Å². The molecule has 0 radical (unpaired) electrons. The highest BCUT2D eigenvalue weighted by Gasteiger charge is 2.38. The molecule has 6 heteroatoms. The molecule has 0 unspecified atom stereocenters. The summed E-state index contributed by atoms with van der Waals surface area (Å²) in [4.78, 5) is 26.0. The van der Waals surface area contributed by atoms with Gasteiger partial charge in [0.05, 0.1) is 0 Å². The van der Waals surface area contributed by atoms with Gasteiger partial charge in [-0.25, -0.2) is 0 Å². The molecule has 136 valence electrons. The van der Waals surface area contributed by atoms with Gasteiger partial charge in [-0.2, -0.15) is 11.8 Å². The van der Waals surface area contributed by atoms with Gasteiger partial charge in [-0.15, -0.1) is 0 Å². The summed E-state index contributed by atoms with van der Waals surface area (Å²) in [5.41, 5.74) is 2.35. The second-order valence-electron chi connectivity index (χ2n) is 6.90. The van der Waals surface area contributed by atoms with Crippen molar-refractivity contribution in [3.63, 3.8) is 0 Å². The van der Waals surface area contributed by atoms with E-state index in [4.69, 9.17) is 0 Å². The number of nitrogens with one attached hydrogen (secondary N) is 2. The third-order valence-corrected chi connectivity index (χ3v) is 5.84. The van der Waals surface area contributed by atoms with Gasteiger partial charge in [0.1, 0.15) is 0 Å². The Balaban J connectivity index is 1.34. The molecule has 1 heterocycles. The van der Waals surface area contributed by atoms with Crippen molar-refractivity contribution >= 4 is 29.3 Å². The Labute approximate surface area is 153 Å². The number of amides is 2. The highest BCUT2D eigenvalue weighted by molar-refractivity contribution is 7.99. The first-order valence-electron chi connectivity index (χ1n) is 9.09. The number of hydrogen-bond donors (Lipinski definition) is 2. The maximum absolute atomic E-state index is 11.9. The smallest absolute Gasteiger partial charge is 0.223 e. The Morgan fingerprint density at radius 3 is 2.48 bits per heavy atom. The van der Waals surface area contributed by atoms with E-state index in [9.17, 15) is 9.59 Å². The maximum Gasteiger partial charge on any atom is 0.223 e. The molecule has 2 aliphatic rings. The highest BCUT2D eigenvalue weighted by Crippen LogP contribution is 2.37. The summed E-state index contributed by atoms with van der Waals surface area (Å²) in [6.45, 7) is 5.23. The minimum Gasteiger partial charge on any atom is -0.370 e. The summed E-state index contributed by atoms with van der Waals surface area (Å²) in [5, 5.41) is 5.76. The van der Waals surface area contributed by atoms with E-state index < -0.39 is 0 Å². The molecule has 25 heavy (non-hydrogen) atoms. The molecule has 5 nitrogen and oxygen atoms in total. The first-order chi connectivity index (χ1) is 12.1. The minimum atomic E-state index is -0.0266. The minimum absolute atomic E-state index is 0.0266. The number of thioether (sulfide) groups is 1. The Kier molecular flexibility index (Phi) is 6.24. The van der Waals surface area contributed by atoms with Crippen molar-refractivity contribution in [3.8, 4) is 0 Å². The summed E-state index contributed by atoms with van der Waals surface area (Å²) < 4.78 is 0. The van der Waals surface area contributed by atoms with Crippen LogP contribution in [0.4, 0.5) is 5.69 Å². The van der Waals surface area contributed by atoms with Crippen LogP contribution in [-0.4, -0.2) is 43.0 Å². The van der Waals surface area contributed by atoms with Gasteiger partial charge in [0.25, 0.3) is 0 Å². The van der Waals surface area contributed by atoms with Gasteiger partial charge in [-0.05, 0) is 30.0 Å².